The average Bonchev–Trinajstić information content (AvgIpc) is 3.64. The van der Waals surface area contributed by atoms with Crippen molar-refractivity contribution in [2.45, 2.75) is 52.3 Å². The second kappa shape index (κ2) is 13.7. The summed E-state index contributed by atoms with van der Waals surface area (Å²) in [5, 5.41) is 8.31. The van der Waals surface area contributed by atoms with Crippen molar-refractivity contribution in [2.75, 3.05) is 45.7 Å². The van der Waals surface area contributed by atoms with E-state index in [0.717, 1.165) is 22.1 Å². The summed E-state index contributed by atoms with van der Waals surface area (Å²) in [6.45, 7) is 8.72. The molecule has 0 spiro atoms. The Morgan fingerprint density at radius 1 is 1.13 bits per heavy atom. The van der Waals surface area contributed by atoms with Crippen molar-refractivity contribution in [3.63, 3.8) is 0 Å². The number of nitrogens with one attached hydrogen (secondary N) is 1. The summed E-state index contributed by atoms with van der Waals surface area (Å²) in [6.07, 6.45) is 2.17. The van der Waals surface area contributed by atoms with Gasteiger partial charge in [0.25, 0.3) is 6.43 Å². The zero-order valence-corrected chi connectivity index (χ0v) is 27.8. The van der Waals surface area contributed by atoms with Gasteiger partial charge >= 0.3 is 12.1 Å². The van der Waals surface area contributed by atoms with Crippen LogP contribution in [0.3, 0.4) is 0 Å². The van der Waals surface area contributed by atoms with Crippen molar-refractivity contribution in [1.29, 1.82) is 0 Å². The highest BCUT2D eigenvalue weighted by Gasteiger charge is 2.32. The van der Waals surface area contributed by atoms with Crippen LogP contribution in [-0.2, 0) is 23.1 Å². The number of aromatic nitrogens is 3. The normalized spacial score (nSPS) is 16.1. The van der Waals surface area contributed by atoms with Crippen LogP contribution in [0.2, 0.25) is 0 Å². The molecule has 11 nitrogen and oxygen atoms in total. The van der Waals surface area contributed by atoms with Crippen molar-refractivity contribution in [3.05, 3.63) is 71.2 Å². The van der Waals surface area contributed by atoms with Crippen molar-refractivity contribution in [3.8, 4) is 5.75 Å². The lowest BCUT2D eigenvalue weighted by Crippen LogP contribution is -2.49. The minimum atomic E-state index is -2.48. The Hall–Kier alpha value is -4.49. The average molecular weight is 653 g/mol. The van der Waals surface area contributed by atoms with Gasteiger partial charge in [0.2, 0.25) is 0 Å². The molecule has 1 saturated heterocycles. The fourth-order valence-electron chi connectivity index (χ4n) is 6.12. The number of aryl methyl sites for hydroxylation is 2. The Kier molecular flexibility index (Phi) is 9.87. The molecule has 13 heteroatoms. The molecule has 252 valence electrons. The minimum Gasteiger partial charge on any atom is -0.496 e. The van der Waals surface area contributed by atoms with E-state index in [1.165, 1.54) is 11.7 Å². The number of esters is 1. The molecule has 1 aliphatic heterocycles. The van der Waals surface area contributed by atoms with E-state index in [4.69, 9.17) is 14.2 Å². The maximum Gasteiger partial charge on any atom is 0.419 e. The molecule has 5 rings (SSSR count). The summed E-state index contributed by atoms with van der Waals surface area (Å²) in [5.74, 6) is 0.148. The van der Waals surface area contributed by atoms with E-state index in [1.54, 1.807) is 48.4 Å². The van der Waals surface area contributed by atoms with Crippen LogP contribution in [0, 0.1) is 6.92 Å². The molecule has 0 aliphatic carbocycles. The van der Waals surface area contributed by atoms with Crippen LogP contribution in [0.5, 0.6) is 5.75 Å². The van der Waals surface area contributed by atoms with Crippen LogP contribution in [0.1, 0.15) is 53.9 Å². The number of methoxy groups -OCH3 is 2. The molecule has 47 heavy (non-hydrogen) atoms. The highest BCUT2D eigenvalue weighted by Crippen LogP contribution is 2.37. The van der Waals surface area contributed by atoms with E-state index in [-0.39, 0.29) is 12.6 Å². The Labute approximate surface area is 273 Å². The summed E-state index contributed by atoms with van der Waals surface area (Å²) in [7, 11) is 4.72. The molecule has 4 aromatic rings. The molecule has 1 aliphatic rings. The molecule has 2 aromatic carbocycles. The molecule has 2 aromatic heterocycles. The molecular weight excluding hydrogens is 610 g/mol. The standard InChI is InChI=1S/C34H42F2N6O5/c1-21-14-29(45-6)26(24-10-11-42(31(21)24)33(44)47-34(2,3)4)18-41-13-12-40(20-30(35)36)19-28(41)22-8-9-25(32(43)46-7)27(15-22)38-23-16-37-39(5)17-23/h8-11,14-17,28,30,38H,12-13,18-20H2,1-7H3/t28-/m1/s1. The molecule has 0 radical (unpaired) electrons. The zero-order valence-electron chi connectivity index (χ0n) is 27.8. The van der Waals surface area contributed by atoms with Crippen molar-refractivity contribution >= 4 is 34.3 Å². The van der Waals surface area contributed by atoms with Gasteiger partial charge in [-0.3, -0.25) is 19.0 Å². The maximum absolute atomic E-state index is 13.6. The minimum absolute atomic E-state index is 0.322. The molecule has 0 unspecified atom stereocenters. The number of carbonyl (C=O) groups excluding carboxylic acids is 2. The third-order valence-electron chi connectivity index (χ3n) is 8.19. The van der Waals surface area contributed by atoms with E-state index >= 15 is 0 Å². The lowest BCUT2D eigenvalue weighted by atomic mass is 9.97. The number of rotatable bonds is 9. The SMILES string of the molecule is COC(=O)c1ccc([C@H]2CN(CC(F)F)CCN2Cc2c(OC)cc(C)c3c2ccn3C(=O)OC(C)(C)C)cc1Nc1cnn(C)c1. The molecule has 0 amide bonds. The molecule has 1 atom stereocenters. The van der Waals surface area contributed by atoms with Gasteiger partial charge in [-0.25, -0.2) is 18.4 Å². The van der Waals surface area contributed by atoms with Crippen molar-refractivity contribution in [2.24, 2.45) is 7.05 Å². The van der Waals surface area contributed by atoms with Gasteiger partial charge in [0.05, 0.1) is 49.4 Å². The van der Waals surface area contributed by atoms with Gasteiger partial charge in [-0.05, 0) is 63.1 Å². The first kappa shape index (κ1) is 33.9. The molecule has 0 saturated carbocycles. The number of hydrogen-bond donors (Lipinski definition) is 1. The molecule has 1 N–H and O–H groups in total. The van der Waals surface area contributed by atoms with Crippen LogP contribution >= 0.6 is 0 Å². The first-order valence-corrected chi connectivity index (χ1v) is 15.4. The second-order valence-electron chi connectivity index (χ2n) is 12.8. The van der Waals surface area contributed by atoms with Crippen LogP contribution in [0.15, 0.2) is 48.9 Å². The smallest absolute Gasteiger partial charge is 0.419 e. The van der Waals surface area contributed by atoms with Gasteiger partial charge in [0.1, 0.15) is 11.4 Å². The predicted octanol–water partition coefficient (Wildman–Crippen LogP) is 6.13. The van der Waals surface area contributed by atoms with Crippen LogP contribution in [-0.4, -0.2) is 88.6 Å². The highest BCUT2D eigenvalue weighted by molar-refractivity contribution is 5.97. The topological polar surface area (TPSA) is 103 Å². The van der Waals surface area contributed by atoms with Gasteiger partial charge in [-0.1, -0.05) is 6.07 Å². The Morgan fingerprint density at radius 2 is 1.89 bits per heavy atom. The lowest BCUT2D eigenvalue weighted by molar-refractivity contribution is 0.0245. The van der Waals surface area contributed by atoms with Crippen molar-refractivity contribution < 1.29 is 32.6 Å². The maximum atomic E-state index is 13.6. The summed E-state index contributed by atoms with van der Waals surface area (Å²) in [4.78, 5) is 29.8. The van der Waals surface area contributed by atoms with E-state index in [9.17, 15) is 18.4 Å². The highest BCUT2D eigenvalue weighted by atomic mass is 19.3. The fraction of sp³-hybridized carbons (Fsp3) is 0.441. The molecule has 1 fully saturated rings. The number of carbonyl (C=O) groups is 2. The number of piperazine rings is 1. The van der Waals surface area contributed by atoms with Crippen LogP contribution in [0.4, 0.5) is 25.0 Å². The summed E-state index contributed by atoms with van der Waals surface area (Å²) >= 11 is 0. The molecular formula is C34H42F2N6O5. The lowest BCUT2D eigenvalue weighted by Gasteiger charge is -2.42. The van der Waals surface area contributed by atoms with E-state index in [1.807, 2.05) is 52.0 Å². The Morgan fingerprint density at radius 3 is 2.53 bits per heavy atom. The van der Waals surface area contributed by atoms with Crippen LogP contribution in [0.25, 0.3) is 10.9 Å². The summed E-state index contributed by atoms with van der Waals surface area (Å²) in [5.41, 5.74) is 4.11. The molecule has 3 heterocycles. The number of ether oxygens (including phenoxy) is 3. The van der Waals surface area contributed by atoms with E-state index < -0.39 is 24.1 Å². The third-order valence-corrected chi connectivity index (χ3v) is 8.19. The number of anilines is 2. The Bertz CT molecular complexity index is 1760. The zero-order chi connectivity index (χ0) is 34.0. The van der Waals surface area contributed by atoms with Gasteiger partial charge < -0.3 is 19.5 Å². The third kappa shape index (κ3) is 7.57. The summed E-state index contributed by atoms with van der Waals surface area (Å²) < 4.78 is 46.9. The first-order chi connectivity index (χ1) is 22.3. The largest absolute Gasteiger partial charge is 0.496 e. The predicted molar refractivity (Wildman–Crippen MR) is 175 cm³/mol. The fourth-order valence-corrected chi connectivity index (χ4v) is 6.12. The number of alkyl halides is 2. The van der Waals surface area contributed by atoms with Gasteiger partial charge in [-0.2, -0.15) is 5.10 Å². The summed E-state index contributed by atoms with van der Waals surface area (Å²) in [6, 6.07) is 8.86. The Balaban J connectivity index is 1.56. The van der Waals surface area contributed by atoms with Gasteiger partial charge in [0.15, 0.2) is 0 Å². The van der Waals surface area contributed by atoms with E-state index in [0.29, 0.717) is 54.4 Å². The number of nitrogens with zero attached hydrogens (tertiary/aromatic N) is 5. The van der Waals surface area contributed by atoms with E-state index in [2.05, 4.69) is 15.3 Å². The van der Waals surface area contributed by atoms with Crippen molar-refractivity contribution in [1.82, 2.24) is 24.1 Å². The number of hydrogen-bond acceptors (Lipinski definition) is 9. The number of benzene rings is 2. The molecule has 0 bridgehead atoms. The van der Waals surface area contributed by atoms with Gasteiger partial charge in [-0.15, -0.1) is 0 Å². The monoisotopic (exact) mass is 652 g/mol. The number of fused-ring (bicyclic) bond motifs is 1. The van der Waals surface area contributed by atoms with Crippen LogP contribution < -0.4 is 10.1 Å². The number of halogens is 2. The van der Waals surface area contributed by atoms with Gasteiger partial charge in [0, 0.05) is 62.6 Å². The first-order valence-electron chi connectivity index (χ1n) is 15.4. The quantitative estimate of drug-likeness (QED) is 0.214. The second-order valence-corrected chi connectivity index (χ2v) is 12.8.